The van der Waals surface area contributed by atoms with Crippen molar-refractivity contribution < 1.29 is 16.8 Å². The summed E-state index contributed by atoms with van der Waals surface area (Å²) in [6.07, 6.45) is 2.07. The normalized spacial score (nSPS) is 11.9. The predicted molar refractivity (Wildman–Crippen MR) is 132 cm³/mol. The van der Waals surface area contributed by atoms with Crippen LogP contribution in [-0.2, 0) is 26.3 Å². The molecule has 0 fully saturated rings. The molecule has 0 spiro atoms. The first-order valence-electron chi connectivity index (χ1n) is 10.7. The fourth-order valence-corrected chi connectivity index (χ4v) is 6.29. The Labute approximate surface area is 200 Å². The fourth-order valence-electron chi connectivity index (χ4n) is 3.58. The summed E-state index contributed by atoms with van der Waals surface area (Å²) in [4.78, 5) is 4.15. The average Bonchev–Trinajstić information content (AvgIpc) is 2.85. The first kappa shape index (κ1) is 23.8. The molecule has 0 saturated carbocycles. The lowest BCUT2D eigenvalue weighted by atomic mass is 10.1. The molecule has 1 aromatic heterocycles. The summed E-state index contributed by atoms with van der Waals surface area (Å²) in [5, 5.41) is 0. The van der Waals surface area contributed by atoms with E-state index in [1.54, 1.807) is 31.3 Å². The van der Waals surface area contributed by atoms with Crippen LogP contribution >= 0.6 is 0 Å². The molecule has 8 heteroatoms. The quantitative estimate of drug-likeness (QED) is 0.393. The van der Waals surface area contributed by atoms with E-state index in [9.17, 15) is 16.8 Å². The Morgan fingerprint density at radius 3 is 2.18 bits per heavy atom. The van der Waals surface area contributed by atoms with Crippen LogP contribution in [0, 0.1) is 6.92 Å². The van der Waals surface area contributed by atoms with Gasteiger partial charge in [-0.15, -0.1) is 0 Å². The maximum Gasteiger partial charge on any atom is 0.240 e. The van der Waals surface area contributed by atoms with Gasteiger partial charge in [-0.3, -0.25) is 4.98 Å². The van der Waals surface area contributed by atoms with Gasteiger partial charge in [0, 0.05) is 24.9 Å². The fraction of sp³-hybridized carbons (Fsp3) is 0.115. The molecule has 0 atom stereocenters. The number of aromatic nitrogens is 1. The molecule has 0 aliphatic rings. The second kappa shape index (κ2) is 9.89. The van der Waals surface area contributed by atoms with Gasteiger partial charge in [0.25, 0.3) is 0 Å². The van der Waals surface area contributed by atoms with Gasteiger partial charge in [-0.25, -0.2) is 21.6 Å². The molecule has 0 bridgehead atoms. The van der Waals surface area contributed by atoms with Crippen LogP contribution in [0.2, 0.25) is 0 Å². The third kappa shape index (κ3) is 5.25. The Morgan fingerprint density at radius 1 is 0.735 bits per heavy atom. The molecule has 1 heterocycles. The van der Waals surface area contributed by atoms with E-state index in [1.165, 1.54) is 24.3 Å². The first-order chi connectivity index (χ1) is 16.3. The van der Waals surface area contributed by atoms with E-state index in [0.717, 1.165) is 16.8 Å². The van der Waals surface area contributed by atoms with Gasteiger partial charge < -0.3 is 0 Å². The zero-order valence-electron chi connectivity index (χ0n) is 18.5. The Balaban J connectivity index is 1.62. The van der Waals surface area contributed by atoms with Gasteiger partial charge >= 0.3 is 0 Å². The molecule has 6 nitrogen and oxygen atoms in total. The van der Waals surface area contributed by atoms with Crippen molar-refractivity contribution in [1.82, 2.24) is 9.71 Å². The van der Waals surface area contributed by atoms with Gasteiger partial charge in [0.2, 0.25) is 19.9 Å². The summed E-state index contributed by atoms with van der Waals surface area (Å²) in [6, 6.07) is 25.7. The standard InChI is InChI=1S/C26H24N2O4S2/c1-20-13-14-25(19-26(20)34(31,32)28-17-15-23-11-5-6-16-27-23)33(29,30)24-12-7-10-22(18-24)21-8-3-2-4-9-21/h2-14,16,18-19,28H,15,17H2,1H3. The smallest absolute Gasteiger partial charge is 0.240 e. The van der Waals surface area contributed by atoms with Crippen molar-refractivity contribution >= 4 is 19.9 Å². The first-order valence-corrected chi connectivity index (χ1v) is 13.6. The van der Waals surface area contributed by atoms with Gasteiger partial charge in [-0.1, -0.05) is 54.6 Å². The maximum atomic E-state index is 13.4. The van der Waals surface area contributed by atoms with Crippen LogP contribution in [0.4, 0.5) is 0 Å². The molecule has 0 aliphatic carbocycles. The van der Waals surface area contributed by atoms with Gasteiger partial charge in [-0.2, -0.15) is 0 Å². The van der Waals surface area contributed by atoms with Gasteiger partial charge in [0.05, 0.1) is 14.7 Å². The summed E-state index contributed by atoms with van der Waals surface area (Å²) in [6.45, 7) is 1.79. The van der Waals surface area contributed by atoms with Crippen LogP contribution in [0.3, 0.4) is 0 Å². The average molecular weight is 493 g/mol. The molecule has 0 unspecified atom stereocenters. The number of benzene rings is 3. The molecule has 4 aromatic rings. The molecule has 0 radical (unpaired) electrons. The Kier molecular flexibility index (Phi) is 6.92. The summed E-state index contributed by atoms with van der Waals surface area (Å²) in [7, 11) is -7.85. The van der Waals surface area contributed by atoms with Crippen LogP contribution in [0.1, 0.15) is 11.3 Å². The number of rotatable bonds is 8. The zero-order chi connectivity index (χ0) is 24.2. The van der Waals surface area contributed by atoms with E-state index >= 15 is 0 Å². The minimum absolute atomic E-state index is 0.0613. The van der Waals surface area contributed by atoms with Crippen LogP contribution < -0.4 is 4.72 Å². The van der Waals surface area contributed by atoms with Crippen molar-refractivity contribution in [2.75, 3.05) is 6.54 Å². The molecule has 0 saturated heterocycles. The largest absolute Gasteiger partial charge is 0.261 e. The molecular weight excluding hydrogens is 468 g/mol. The van der Waals surface area contributed by atoms with Crippen molar-refractivity contribution in [3.8, 4) is 11.1 Å². The highest BCUT2D eigenvalue weighted by Crippen LogP contribution is 2.28. The van der Waals surface area contributed by atoms with Crippen molar-refractivity contribution in [3.63, 3.8) is 0 Å². The van der Waals surface area contributed by atoms with Crippen molar-refractivity contribution in [3.05, 3.63) is 108 Å². The lowest BCUT2D eigenvalue weighted by Gasteiger charge is -2.12. The number of nitrogens with zero attached hydrogens (tertiary/aromatic N) is 1. The van der Waals surface area contributed by atoms with E-state index in [4.69, 9.17) is 0 Å². The molecule has 174 valence electrons. The van der Waals surface area contributed by atoms with Crippen molar-refractivity contribution in [1.29, 1.82) is 0 Å². The van der Waals surface area contributed by atoms with E-state index in [0.29, 0.717) is 12.0 Å². The highest BCUT2D eigenvalue weighted by molar-refractivity contribution is 7.91. The minimum atomic E-state index is -3.93. The van der Waals surface area contributed by atoms with E-state index in [1.807, 2.05) is 48.5 Å². The van der Waals surface area contributed by atoms with E-state index in [-0.39, 0.29) is 21.2 Å². The minimum Gasteiger partial charge on any atom is -0.261 e. The lowest BCUT2D eigenvalue weighted by molar-refractivity contribution is 0.580. The number of pyridine rings is 1. The molecule has 0 aliphatic heterocycles. The molecule has 0 amide bonds. The third-order valence-corrected chi connectivity index (χ3v) is 8.76. The summed E-state index contributed by atoms with van der Waals surface area (Å²) in [5.41, 5.74) is 2.88. The van der Waals surface area contributed by atoms with E-state index < -0.39 is 19.9 Å². The Hall–Kier alpha value is -3.33. The lowest BCUT2D eigenvalue weighted by Crippen LogP contribution is -2.27. The van der Waals surface area contributed by atoms with Crippen LogP contribution in [0.5, 0.6) is 0 Å². The summed E-state index contributed by atoms with van der Waals surface area (Å²) >= 11 is 0. The third-order valence-electron chi connectivity index (χ3n) is 5.41. The monoisotopic (exact) mass is 492 g/mol. The topological polar surface area (TPSA) is 93.2 Å². The number of nitrogens with one attached hydrogen (secondary N) is 1. The Bertz CT molecular complexity index is 1500. The van der Waals surface area contributed by atoms with Crippen LogP contribution in [0.15, 0.2) is 112 Å². The summed E-state index contributed by atoms with van der Waals surface area (Å²) < 4.78 is 55.3. The van der Waals surface area contributed by atoms with Crippen molar-refractivity contribution in [2.24, 2.45) is 0 Å². The number of sulfone groups is 1. The number of hydrogen-bond acceptors (Lipinski definition) is 5. The molecule has 34 heavy (non-hydrogen) atoms. The molecule has 4 rings (SSSR count). The SMILES string of the molecule is Cc1ccc(S(=O)(=O)c2cccc(-c3ccccc3)c2)cc1S(=O)(=O)NCCc1ccccn1. The van der Waals surface area contributed by atoms with Gasteiger partial charge in [0.1, 0.15) is 0 Å². The van der Waals surface area contributed by atoms with E-state index in [2.05, 4.69) is 9.71 Å². The Morgan fingerprint density at radius 2 is 1.44 bits per heavy atom. The highest BCUT2D eigenvalue weighted by Gasteiger charge is 2.23. The maximum absolute atomic E-state index is 13.4. The molecule has 3 aromatic carbocycles. The predicted octanol–water partition coefficient (Wildman–Crippen LogP) is 4.41. The van der Waals surface area contributed by atoms with Crippen LogP contribution in [-0.4, -0.2) is 28.4 Å². The molecule has 1 N–H and O–H groups in total. The molecular formula is C26H24N2O4S2. The number of hydrogen-bond donors (Lipinski definition) is 1. The second-order valence-electron chi connectivity index (χ2n) is 7.79. The van der Waals surface area contributed by atoms with Gasteiger partial charge in [0.15, 0.2) is 0 Å². The van der Waals surface area contributed by atoms with Gasteiger partial charge in [-0.05, 0) is 60.0 Å². The number of aryl methyl sites for hydroxylation is 1. The van der Waals surface area contributed by atoms with Crippen LogP contribution in [0.25, 0.3) is 11.1 Å². The number of sulfonamides is 1. The highest BCUT2D eigenvalue weighted by atomic mass is 32.2. The zero-order valence-corrected chi connectivity index (χ0v) is 20.2. The van der Waals surface area contributed by atoms with Crippen molar-refractivity contribution in [2.45, 2.75) is 28.0 Å². The second-order valence-corrected chi connectivity index (χ2v) is 11.5. The summed E-state index contributed by atoms with van der Waals surface area (Å²) in [5.74, 6) is 0.